The lowest BCUT2D eigenvalue weighted by atomic mass is 10.2. The molecule has 2 rings (SSSR count). The van der Waals surface area contributed by atoms with E-state index in [1.807, 2.05) is 30.3 Å². The maximum atomic E-state index is 12.1. The third kappa shape index (κ3) is 3.67. The molecule has 1 amide bonds. The Hall–Kier alpha value is -1.16. The number of amides is 1. The minimum atomic E-state index is -1.43. The van der Waals surface area contributed by atoms with Crippen LogP contribution in [-0.4, -0.2) is 27.4 Å². The van der Waals surface area contributed by atoms with Crippen molar-refractivity contribution in [2.24, 2.45) is 0 Å². The maximum absolute atomic E-state index is 12.1. The summed E-state index contributed by atoms with van der Waals surface area (Å²) in [6.07, 6.45) is 4.42. The van der Waals surface area contributed by atoms with E-state index >= 15 is 0 Å². The highest BCUT2D eigenvalue weighted by molar-refractivity contribution is 7.99. The van der Waals surface area contributed by atoms with Crippen molar-refractivity contribution < 1.29 is 9.00 Å². The Morgan fingerprint density at radius 2 is 1.67 bits per heavy atom. The molecule has 1 aromatic carbocycles. The zero-order valence-electron chi connectivity index (χ0n) is 10.5. The number of benzene rings is 1. The molecule has 3 nitrogen and oxygen atoms in total. The summed E-state index contributed by atoms with van der Waals surface area (Å²) in [6, 6.07) is 9.55. The zero-order chi connectivity index (χ0) is 12.8. The van der Waals surface area contributed by atoms with Gasteiger partial charge in [-0.05, 0) is 18.4 Å². The minimum absolute atomic E-state index is 0.194. The number of carbonyl (C=O) groups is 1. The summed E-state index contributed by atoms with van der Waals surface area (Å²) in [5, 5.41) is -0.194. The second-order valence-electron chi connectivity index (χ2n) is 4.64. The summed E-state index contributed by atoms with van der Waals surface area (Å²) in [6.45, 7) is 1.53. The van der Waals surface area contributed by atoms with Gasteiger partial charge in [-0.15, -0.1) is 0 Å². The topological polar surface area (TPSA) is 37.4 Å². The number of nitrogens with zero attached hydrogens (tertiary/aromatic N) is 1. The fraction of sp³-hybridized carbons (Fsp3) is 0.500. The van der Waals surface area contributed by atoms with E-state index in [0.717, 1.165) is 31.5 Å². The predicted molar refractivity (Wildman–Crippen MR) is 73.7 cm³/mol. The molecule has 1 saturated heterocycles. The molecule has 1 atom stereocenters. The summed E-state index contributed by atoms with van der Waals surface area (Å²) in [5.74, 6) is 0.330. The van der Waals surface area contributed by atoms with Crippen LogP contribution in [0, 0.1) is 0 Å². The van der Waals surface area contributed by atoms with Gasteiger partial charge in [0.2, 0.25) is 0 Å². The fourth-order valence-electron chi connectivity index (χ4n) is 2.18. The lowest BCUT2D eigenvalue weighted by molar-refractivity contribution is 0.224. The van der Waals surface area contributed by atoms with Crippen molar-refractivity contribution in [1.29, 1.82) is 0 Å². The van der Waals surface area contributed by atoms with Gasteiger partial charge in [0.25, 0.3) is 0 Å². The van der Waals surface area contributed by atoms with Crippen molar-refractivity contribution in [3.8, 4) is 0 Å². The number of carbonyl (C=O) groups excluding carboxylic acids is 1. The molecule has 98 valence electrons. The number of rotatable bonds is 2. The molecule has 0 radical (unpaired) electrons. The average molecular weight is 265 g/mol. The van der Waals surface area contributed by atoms with Crippen LogP contribution in [0.15, 0.2) is 30.3 Å². The predicted octanol–water partition coefficient (Wildman–Crippen LogP) is 2.93. The third-order valence-electron chi connectivity index (χ3n) is 3.20. The van der Waals surface area contributed by atoms with Crippen LogP contribution >= 0.6 is 0 Å². The molecular weight excluding hydrogens is 246 g/mol. The van der Waals surface area contributed by atoms with E-state index in [0.29, 0.717) is 5.75 Å². The van der Waals surface area contributed by atoms with E-state index in [2.05, 4.69) is 0 Å². The van der Waals surface area contributed by atoms with Crippen molar-refractivity contribution in [2.75, 3.05) is 13.1 Å². The molecule has 0 bridgehead atoms. The Balaban J connectivity index is 1.93. The first-order valence-corrected chi connectivity index (χ1v) is 7.80. The van der Waals surface area contributed by atoms with Gasteiger partial charge in [-0.1, -0.05) is 43.2 Å². The molecule has 1 heterocycles. The standard InChI is InChI=1S/C14H19NO2S/c16-14(15-10-6-1-2-7-11-15)18(17)12-13-8-4-3-5-9-13/h3-5,8-9H,1-2,6-7,10-12H2. The van der Waals surface area contributed by atoms with Crippen LogP contribution in [0.4, 0.5) is 4.79 Å². The van der Waals surface area contributed by atoms with Crippen molar-refractivity contribution in [2.45, 2.75) is 31.4 Å². The van der Waals surface area contributed by atoms with E-state index in [1.165, 1.54) is 12.8 Å². The molecule has 4 heteroatoms. The lowest BCUT2D eigenvalue weighted by Crippen LogP contribution is -2.33. The van der Waals surface area contributed by atoms with Crippen LogP contribution in [0.25, 0.3) is 0 Å². The maximum Gasteiger partial charge on any atom is 0.312 e. The van der Waals surface area contributed by atoms with Crippen LogP contribution < -0.4 is 0 Å². The highest BCUT2D eigenvalue weighted by Gasteiger charge is 2.21. The molecule has 0 aliphatic carbocycles. The van der Waals surface area contributed by atoms with Gasteiger partial charge in [0, 0.05) is 13.1 Å². The second kappa shape index (κ2) is 6.69. The summed E-state index contributed by atoms with van der Waals surface area (Å²) >= 11 is 0. The van der Waals surface area contributed by atoms with Gasteiger partial charge in [0.05, 0.1) is 5.75 Å². The average Bonchev–Trinajstić information content (AvgIpc) is 2.68. The van der Waals surface area contributed by atoms with Gasteiger partial charge in [-0.3, -0.25) is 4.79 Å². The summed E-state index contributed by atoms with van der Waals surface area (Å²) < 4.78 is 12.0. The number of likely N-dealkylation sites (tertiary alicyclic amines) is 1. The normalized spacial score (nSPS) is 18.1. The van der Waals surface area contributed by atoms with Crippen molar-refractivity contribution >= 4 is 16.0 Å². The quantitative estimate of drug-likeness (QED) is 0.824. The van der Waals surface area contributed by atoms with Crippen LogP contribution in [0.5, 0.6) is 0 Å². The van der Waals surface area contributed by atoms with Gasteiger partial charge in [0.1, 0.15) is 10.8 Å². The Morgan fingerprint density at radius 1 is 1.06 bits per heavy atom. The largest absolute Gasteiger partial charge is 0.332 e. The number of hydrogen-bond acceptors (Lipinski definition) is 2. The molecule has 18 heavy (non-hydrogen) atoms. The van der Waals surface area contributed by atoms with Crippen molar-refractivity contribution in [3.63, 3.8) is 0 Å². The third-order valence-corrected chi connectivity index (χ3v) is 4.44. The van der Waals surface area contributed by atoms with Crippen LogP contribution in [-0.2, 0) is 16.6 Å². The van der Waals surface area contributed by atoms with E-state index in [1.54, 1.807) is 4.90 Å². The van der Waals surface area contributed by atoms with Crippen LogP contribution in [0.3, 0.4) is 0 Å². The summed E-state index contributed by atoms with van der Waals surface area (Å²) in [4.78, 5) is 13.9. The lowest BCUT2D eigenvalue weighted by Gasteiger charge is -2.19. The smallest absolute Gasteiger partial charge is 0.312 e. The Labute approximate surface area is 111 Å². The van der Waals surface area contributed by atoms with Crippen LogP contribution in [0.1, 0.15) is 31.2 Å². The Bertz CT molecular complexity index is 411. The van der Waals surface area contributed by atoms with E-state index in [9.17, 15) is 9.00 Å². The van der Waals surface area contributed by atoms with E-state index < -0.39 is 10.8 Å². The van der Waals surface area contributed by atoms with Gasteiger partial charge < -0.3 is 4.90 Å². The highest BCUT2D eigenvalue weighted by atomic mass is 32.2. The molecule has 1 aromatic rings. The fourth-order valence-corrected chi connectivity index (χ4v) is 3.27. The molecule has 1 aliphatic rings. The minimum Gasteiger partial charge on any atom is -0.332 e. The van der Waals surface area contributed by atoms with Crippen molar-refractivity contribution in [3.05, 3.63) is 35.9 Å². The zero-order valence-corrected chi connectivity index (χ0v) is 11.3. The van der Waals surface area contributed by atoms with Gasteiger partial charge in [-0.2, -0.15) is 0 Å². The molecule has 1 unspecified atom stereocenters. The highest BCUT2D eigenvalue weighted by Crippen LogP contribution is 2.13. The van der Waals surface area contributed by atoms with E-state index in [4.69, 9.17) is 0 Å². The Kier molecular flexibility index (Phi) is 4.93. The first-order chi connectivity index (χ1) is 8.77. The molecule has 0 spiro atoms. The molecule has 1 fully saturated rings. The monoisotopic (exact) mass is 265 g/mol. The first-order valence-electron chi connectivity index (χ1n) is 6.48. The molecule has 1 aliphatic heterocycles. The van der Waals surface area contributed by atoms with E-state index in [-0.39, 0.29) is 5.24 Å². The van der Waals surface area contributed by atoms with Gasteiger partial charge in [-0.25, -0.2) is 4.21 Å². The Morgan fingerprint density at radius 3 is 2.28 bits per heavy atom. The van der Waals surface area contributed by atoms with Gasteiger partial charge >= 0.3 is 5.24 Å². The van der Waals surface area contributed by atoms with Crippen molar-refractivity contribution in [1.82, 2.24) is 4.90 Å². The summed E-state index contributed by atoms with van der Waals surface area (Å²) in [7, 11) is -1.43. The SMILES string of the molecule is O=C(N1CCCCCC1)S(=O)Cc1ccccc1. The molecule has 0 saturated carbocycles. The molecule has 0 N–H and O–H groups in total. The number of hydrogen-bond donors (Lipinski definition) is 0. The first kappa shape index (κ1) is 13.3. The molecular formula is C14H19NO2S. The second-order valence-corrected chi connectivity index (χ2v) is 5.97. The van der Waals surface area contributed by atoms with Crippen LogP contribution in [0.2, 0.25) is 0 Å². The summed E-state index contributed by atoms with van der Waals surface area (Å²) in [5.41, 5.74) is 0.957. The van der Waals surface area contributed by atoms with Gasteiger partial charge in [0.15, 0.2) is 0 Å². The molecule has 0 aromatic heterocycles.